The monoisotopic (exact) mass is 382 g/mol. The standard InChI is InChI=1S/C17H10N4O3S2/c18-8-10(16-19-11-4-1-2-6-14(11)26-16)12(22)9-25-17-21-20-15(24-17)13-5-3-7-23-13/h1-7,22H,9H2/b12-10-. The van der Waals surface area contributed by atoms with Crippen LogP contribution in [-0.2, 0) is 0 Å². The first kappa shape index (κ1) is 16.4. The van der Waals surface area contributed by atoms with E-state index in [2.05, 4.69) is 15.2 Å². The van der Waals surface area contributed by atoms with E-state index in [0.717, 1.165) is 22.0 Å². The van der Waals surface area contributed by atoms with Crippen LogP contribution in [0.3, 0.4) is 0 Å². The number of benzene rings is 1. The van der Waals surface area contributed by atoms with Crippen LogP contribution < -0.4 is 0 Å². The van der Waals surface area contributed by atoms with Crippen molar-refractivity contribution >= 4 is 38.9 Å². The van der Waals surface area contributed by atoms with Gasteiger partial charge in [0.1, 0.15) is 22.4 Å². The van der Waals surface area contributed by atoms with Crippen LogP contribution in [0.2, 0.25) is 0 Å². The van der Waals surface area contributed by atoms with Crippen LogP contribution in [0.4, 0.5) is 0 Å². The van der Waals surface area contributed by atoms with Crippen LogP contribution in [0, 0.1) is 11.3 Å². The lowest BCUT2D eigenvalue weighted by Crippen LogP contribution is -1.92. The molecule has 0 aliphatic rings. The molecule has 0 aliphatic carbocycles. The first-order valence-electron chi connectivity index (χ1n) is 7.43. The minimum Gasteiger partial charge on any atom is -0.510 e. The molecule has 3 heterocycles. The average Bonchev–Trinajstić information content (AvgIpc) is 3.39. The Morgan fingerprint density at radius 1 is 1.23 bits per heavy atom. The number of thiazole rings is 1. The topological polar surface area (TPSA) is 109 Å². The number of allylic oxidation sites excluding steroid dienone is 1. The number of furan rings is 1. The molecule has 0 fully saturated rings. The molecule has 0 spiro atoms. The van der Waals surface area contributed by atoms with Gasteiger partial charge in [0.25, 0.3) is 11.1 Å². The second-order valence-electron chi connectivity index (χ2n) is 5.06. The highest BCUT2D eigenvalue weighted by atomic mass is 32.2. The SMILES string of the molecule is N#C/C(=C(/O)CSc1nnc(-c2ccco2)o1)c1nc2ccccc2s1. The van der Waals surface area contributed by atoms with Crippen molar-refractivity contribution in [2.45, 2.75) is 5.22 Å². The van der Waals surface area contributed by atoms with E-state index in [4.69, 9.17) is 8.83 Å². The summed E-state index contributed by atoms with van der Waals surface area (Å²) in [6.07, 6.45) is 1.51. The van der Waals surface area contributed by atoms with Crippen LogP contribution >= 0.6 is 23.1 Å². The summed E-state index contributed by atoms with van der Waals surface area (Å²) in [5.74, 6) is 0.747. The normalized spacial score (nSPS) is 12.1. The van der Waals surface area contributed by atoms with Gasteiger partial charge in [-0.15, -0.1) is 21.5 Å². The number of hydrogen-bond donors (Lipinski definition) is 1. The van der Waals surface area contributed by atoms with Gasteiger partial charge >= 0.3 is 0 Å². The molecule has 9 heteroatoms. The van der Waals surface area contributed by atoms with Crippen molar-refractivity contribution < 1.29 is 13.9 Å². The van der Waals surface area contributed by atoms with E-state index in [1.165, 1.54) is 17.6 Å². The molecule has 7 nitrogen and oxygen atoms in total. The fourth-order valence-electron chi connectivity index (χ4n) is 2.19. The second kappa shape index (κ2) is 7.03. The Bertz CT molecular complexity index is 1090. The summed E-state index contributed by atoms with van der Waals surface area (Å²) in [4.78, 5) is 4.40. The Morgan fingerprint density at radius 3 is 2.88 bits per heavy atom. The lowest BCUT2D eigenvalue weighted by molar-refractivity contribution is 0.418. The van der Waals surface area contributed by atoms with Crippen molar-refractivity contribution in [1.29, 1.82) is 5.26 Å². The van der Waals surface area contributed by atoms with Crippen molar-refractivity contribution in [3.63, 3.8) is 0 Å². The number of aliphatic hydroxyl groups excluding tert-OH is 1. The van der Waals surface area contributed by atoms with E-state index >= 15 is 0 Å². The second-order valence-corrected chi connectivity index (χ2v) is 7.02. The third-order valence-corrected chi connectivity index (χ3v) is 5.26. The maximum atomic E-state index is 10.3. The van der Waals surface area contributed by atoms with E-state index in [9.17, 15) is 10.4 Å². The quantitative estimate of drug-likeness (QED) is 0.305. The first-order chi connectivity index (χ1) is 12.7. The first-order valence-corrected chi connectivity index (χ1v) is 9.23. The molecule has 128 valence electrons. The summed E-state index contributed by atoms with van der Waals surface area (Å²) in [5, 5.41) is 28.3. The fraction of sp³-hybridized carbons (Fsp3) is 0.0588. The van der Waals surface area contributed by atoms with Gasteiger partial charge < -0.3 is 13.9 Å². The number of thioether (sulfide) groups is 1. The molecule has 26 heavy (non-hydrogen) atoms. The Labute approximate surface area is 155 Å². The van der Waals surface area contributed by atoms with Crippen molar-refractivity contribution in [2.75, 3.05) is 5.75 Å². The molecule has 4 aromatic rings. The van der Waals surface area contributed by atoms with Gasteiger partial charge in [-0.1, -0.05) is 23.9 Å². The minimum atomic E-state index is -0.0886. The van der Waals surface area contributed by atoms with Crippen molar-refractivity contribution in [3.8, 4) is 17.7 Å². The molecule has 0 unspecified atom stereocenters. The lowest BCUT2D eigenvalue weighted by atomic mass is 10.2. The number of para-hydroxylation sites is 1. The molecular formula is C17H10N4O3S2. The van der Waals surface area contributed by atoms with Gasteiger partial charge in [0.15, 0.2) is 5.76 Å². The number of aliphatic hydroxyl groups is 1. The van der Waals surface area contributed by atoms with Crippen molar-refractivity contribution in [3.05, 3.63) is 53.4 Å². The van der Waals surface area contributed by atoms with Gasteiger partial charge in [-0.2, -0.15) is 5.26 Å². The zero-order valence-electron chi connectivity index (χ0n) is 13.1. The number of fused-ring (bicyclic) bond motifs is 1. The summed E-state index contributed by atoms with van der Waals surface area (Å²) in [6, 6.07) is 13.0. The molecule has 1 aromatic carbocycles. The molecule has 1 N–H and O–H groups in total. The minimum absolute atomic E-state index is 0.0886. The van der Waals surface area contributed by atoms with Crippen LogP contribution in [0.15, 0.2) is 62.5 Å². The van der Waals surface area contributed by atoms with Gasteiger partial charge in [-0.05, 0) is 24.3 Å². The smallest absolute Gasteiger partial charge is 0.284 e. The van der Waals surface area contributed by atoms with Crippen LogP contribution in [-0.4, -0.2) is 26.0 Å². The highest BCUT2D eigenvalue weighted by Gasteiger charge is 2.16. The van der Waals surface area contributed by atoms with Gasteiger partial charge in [-0.3, -0.25) is 0 Å². The Balaban J connectivity index is 1.53. The van der Waals surface area contributed by atoms with Gasteiger partial charge in [-0.25, -0.2) is 4.98 Å². The molecular weight excluding hydrogens is 372 g/mol. The van der Waals surface area contributed by atoms with E-state index in [0.29, 0.717) is 10.8 Å². The highest BCUT2D eigenvalue weighted by Crippen LogP contribution is 2.30. The maximum Gasteiger partial charge on any atom is 0.284 e. The zero-order chi connectivity index (χ0) is 17.9. The number of nitrogens with zero attached hydrogens (tertiary/aromatic N) is 4. The predicted molar refractivity (Wildman–Crippen MR) is 97.5 cm³/mol. The van der Waals surface area contributed by atoms with Crippen molar-refractivity contribution in [2.24, 2.45) is 0 Å². The molecule has 0 aliphatic heterocycles. The van der Waals surface area contributed by atoms with E-state index in [-0.39, 0.29) is 28.2 Å². The largest absolute Gasteiger partial charge is 0.510 e. The zero-order valence-corrected chi connectivity index (χ0v) is 14.8. The summed E-state index contributed by atoms with van der Waals surface area (Å²) in [7, 11) is 0. The molecule has 4 rings (SSSR count). The Hall–Kier alpha value is -3.09. The molecule has 0 amide bonds. The van der Waals surface area contributed by atoms with E-state index in [1.807, 2.05) is 30.3 Å². The van der Waals surface area contributed by atoms with Gasteiger partial charge in [0, 0.05) is 0 Å². The summed E-state index contributed by atoms with van der Waals surface area (Å²) in [6.45, 7) is 0. The summed E-state index contributed by atoms with van der Waals surface area (Å²) in [5.41, 5.74) is 0.935. The molecule has 0 saturated heterocycles. The number of hydrogen-bond acceptors (Lipinski definition) is 9. The third kappa shape index (κ3) is 3.20. The summed E-state index contributed by atoms with van der Waals surface area (Å²) >= 11 is 2.49. The Kier molecular flexibility index (Phi) is 4.43. The van der Waals surface area contributed by atoms with Crippen LogP contribution in [0.25, 0.3) is 27.4 Å². The van der Waals surface area contributed by atoms with E-state index in [1.54, 1.807) is 12.1 Å². The Morgan fingerprint density at radius 2 is 2.12 bits per heavy atom. The molecule has 0 atom stereocenters. The fourth-order valence-corrected chi connectivity index (χ4v) is 3.81. The summed E-state index contributed by atoms with van der Waals surface area (Å²) < 4.78 is 11.6. The average molecular weight is 382 g/mol. The molecule has 0 radical (unpaired) electrons. The van der Waals surface area contributed by atoms with Gasteiger partial charge in [0.2, 0.25) is 0 Å². The third-order valence-electron chi connectivity index (χ3n) is 3.38. The molecule has 3 aromatic heterocycles. The number of aromatic nitrogens is 3. The van der Waals surface area contributed by atoms with Crippen LogP contribution in [0.1, 0.15) is 5.01 Å². The molecule has 0 saturated carbocycles. The molecule has 0 bridgehead atoms. The van der Waals surface area contributed by atoms with Crippen LogP contribution in [0.5, 0.6) is 0 Å². The number of nitriles is 1. The van der Waals surface area contributed by atoms with Crippen molar-refractivity contribution in [1.82, 2.24) is 15.2 Å². The predicted octanol–water partition coefficient (Wildman–Crippen LogP) is 4.52. The number of rotatable bonds is 5. The van der Waals surface area contributed by atoms with E-state index < -0.39 is 0 Å². The maximum absolute atomic E-state index is 10.3. The highest BCUT2D eigenvalue weighted by molar-refractivity contribution is 7.99. The van der Waals surface area contributed by atoms with Gasteiger partial charge in [0.05, 0.1) is 22.2 Å². The lowest BCUT2D eigenvalue weighted by Gasteiger charge is -1.99.